The first-order valence-corrected chi connectivity index (χ1v) is 4.71. The molecule has 0 aliphatic rings. The summed E-state index contributed by atoms with van der Waals surface area (Å²) in [7, 11) is 1.65. The van der Waals surface area contributed by atoms with Crippen molar-refractivity contribution < 1.29 is 9.21 Å². The summed E-state index contributed by atoms with van der Waals surface area (Å²) in [5.74, 6) is 1.28. The highest BCUT2D eigenvalue weighted by Crippen LogP contribution is 2.09. The number of nitrogens with one attached hydrogen (secondary N) is 1. The van der Waals surface area contributed by atoms with Crippen LogP contribution in [0.4, 0.5) is 0 Å². The fraction of sp³-hybridized carbons (Fsp3) is 0.333. The first-order chi connectivity index (χ1) is 7.66. The zero-order chi connectivity index (χ0) is 11.5. The van der Waals surface area contributed by atoms with E-state index in [0.29, 0.717) is 6.54 Å². The van der Waals surface area contributed by atoms with Crippen LogP contribution in [0, 0.1) is 6.92 Å². The first kappa shape index (κ1) is 10.3. The van der Waals surface area contributed by atoms with E-state index in [1.807, 2.05) is 19.1 Å². The van der Waals surface area contributed by atoms with Crippen LogP contribution in [0.1, 0.15) is 22.1 Å². The molecule has 0 aliphatic heterocycles. The Labute approximate surface area is 91.4 Å². The second kappa shape index (κ2) is 4.13. The van der Waals surface area contributed by atoms with E-state index in [0.717, 1.165) is 11.5 Å². The highest BCUT2D eigenvalue weighted by atomic mass is 16.3. The van der Waals surface area contributed by atoms with Crippen LogP contribution in [0.2, 0.25) is 0 Å². The zero-order valence-corrected chi connectivity index (χ0v) is 8.97. The maximum Gasteiger partial charge on any atom is 0.295 e. The van der Waals surface area contributed by atoms with Gasteiger partial charge in [-0.05, 0) is 24.3 Å². The predicted molar refractivity (Wildman–Crippen MR) is 53.4 cm³/mol. The van der Waals surface area contributed by atoms with Crippen molar-refractivity contribution in [1.82, 2.24) is 25.5 Å². The van der Waals surface area contributed by atoms with Crippen LogP contribution < -0.4 is 0 Å². The lowest BCUT2D eigenvalue weighted by Crippen LogP contribution is -2.27. The molecule has 0 radical (unpaired) electrons. The van der Waals surface area contributed by atoms with Crippen molar-refractivity contribution in [3.8, 4) is 0 Å². The molecule has 0 atom stereocenters. The molecular weight excluding hydrogens is 210 g/mol. The number of carbonyl (C=O) groups excluding carboxylic acids is 1. The van der Waals surface area contributed by atoms with Gasteiger partial charge in [-0.1, -0.05) is 0 Å². The topological polar surface area (TPSA) is 87.9 Å². The highest BCUT2D eigenvalue weighted by Gasteiger charge is 2.17. The summed E-state index contributed by atoms with van der Waals surface area (Å²) in [6.07, 6.45) is 0. The summed E-state index contributed by atoms with van der Waals surface area (Å²) >= 11 is 0. The number of aryl methyl sites for hydroxylation is 1. The van der Waals surface area contributed by atoms with Crippen molar-refractivity contribution in [2.45, 2.75) is 13.5 Å². The number of rotatable bonds is 3. The van der Waals surface area contributed by atoms with Crippen LogP contribution in [0.5, 0.6) is 0 Å². The standard InChI is InChI=1S/C9H11N5O2/c1-6-3-4-7(16-6)5-14(2)9(15)8-10-12-13-11-8/h3-4H,5H2,1-2H3,(H,10,11,12,13). The molecule has 2 heterocycles. The number of aromatic amines is 1. The number of hydrogen-bond donors (Lipinski definition) is 1. The van der Waals surface area contributed by atoms with Crippen molar-refractivity contribution in [1.29, 1.82) is 0 Å². The normalized spacial score (nSPS) is 10.4. The third kappa shape index (κ3) is 2.08. The van der Waals surface area contributed by atoms with Crippen molar-refractivity contribution in [2.24, 2.45) is 0 Å². The Kier molecular flexibility index (Phi) is 2.67. The molecule has 0 aliphatic carbocycles. The SMILES string of the molecule is Cc1ccc(CN(C)C(=O)c2nn[nH]n2)o1. The van der Waals surface area contributed by atoms with Crippen LogP contribution in [0.15, 0.2) is 16.5 Å². The minimum atomic E-state index is -0.303. The number of nitrogens with zero attached hydrogens (tertiary/aromatic N) is 4. The molecule has 84 valence electrons. The molecule has 7 heteroatoms. The fourth-order valence-electron chi connectivity index (χ4n) is 1.30. The predicted octanol–water partition coefficient (Wildman–Crippen LogP) is 0.373. The summed E-state index contributed by atoms with van der Waals surface area (Å²) in [6, 6.07) is 3.68. The van der Waals surface area contributed by atoms with Gasteiger partial charge in [-0.15, -0.1) is 10.2 Å². The average molecular weight is 221 g/mol. The lowest BCUT2D eigenvalue weighted by molar-refractivity contribution is 0.0763. The molecule has 2 rings (SSSR count). The van der Waals surface area contributed by atoms with E-state index in [1.165, 1.54) is 4.90 Å². The average Bonchev–Trinajstić information content (AvgIpc) is 2.88. The highest BCUT2D eigenvalue weighted by molar-refractivity contribution is 5.89. The quantitative estimate of drug-likeness (QED) is 0.809. The third-order valence-electron chi connectivity index (χ3n) is 2.07. The number of carbonyl (C=O) groups is 1. The Bertz CT molecular complexity index is 476. The van der Waals surface area contributed by atoms with Gasteiger partial charge in [0.05, 0.1) is 6.54 Å². The Hall–Kier alpha value is -2.18. The van der Waals surface area contributed by atoms with Gasteiger partial charge < -0.3 is 9.32 Å². The van der Waals surface area contributed by atoms with Crippen LogP contribution in [-0.2, 0) is 6.54 Å². The molecule has 0 bridgehead atoms. The number of hydrogen-bond acceptors (Lipinski definition) is 5. The summed E-state index contributed by atoms with van der Waals surface area (Å²) in [4.78, 5) is 13.2. The molecule has 7 nitrogen and oxygen atoms in total. The maximum absolute atomic E-state index is 11.7. The summed E-state index contributed by atoms with van der Waals surface area (Å²) in [5, 5.41) is 12.8. The largest absolute Gasteiger partial charge is 0.464 e. The molecule has 16 heavy (non-hydrogen) atoms. The van der Waals surface area contributed by atoms with Crippen molar-refractivity contribution in [2.75, 3.05) is 7.05 Å². The Morgan fingerprint density at radius 3 is 2.94 bits per heavy atom. The van der Waals surface area contributed by atoms with Crippen LogP contribution in [-0.4, -0.2) is 38.5 Å². The van der Waals surface area contributed by atoms with E-state index in [1.54, 1.807) is 7.05 Å². The van der Waals surface area contributed by atoms with E-state index in [-0.39, 0.29) is 11.7 Å². The number of H-pyrrole nitrogens is 1. The molecule has 2 aromatic heterocycles. The van der Waals surface area contributed by atoms with Gasteiger partial charge in [0, 0.05) is 7.05 Å². The molecule has 1 amide bonds. The van der Waals surface area contributed by atoms with E-state index < -0.39 is 0 Å². The van der Waals surface area contributed by atoms with E-state index in [9.17, 15) is 4.79 Å². The lowest BCUT2D eigenvalue weighted by atomic mass is 10.4. The smallest absolute Gasteiger partial charge is 0.295 e. The van der Waals surface area contributed by atoms with Crippen molar-refractivity contribution >= 4 is 5.91 Å². The zero-order valence-electron chi connectivity index (χ0n) is 8.97. The van der Waals surface area contributed by atoms with E-state index in [2.05, 4.69) is 20.6 Å². The molecule has 0 saturated heterocycles. The van der Waals surface area contributed by atoms with Gasteiger partial charge in [-0.2, -0.15) is 5.21 Å². The molecule has 1 N–H and O–H groups in total. The first-order valence-electron chi connectivity index (χ1n) is 4.71. The van der Waals surface area contributed by atoms with Crippen molar-refractivity contribution in [3.05, 3.63) is 29.5 Å². The summed E-state index contributed by atoms with van der Waals surface area (Å²) in [6.45, 7) is 2.23. The maximum atomic E-state index is 11.7. The molecule has 0 spiro atoms. The second-order valence-corrected chi connectivity index (χ2v) is 3.41. The Morgan fingerprint density at radius 1 is 1.56 bits per heavy atom. The molecule has 0 unspecified atom stereocenters. The third-order valence-corrected chi connectivity index (χ3v) is 2.07. The van der Waals surface area contributed by atoms with Gasteiger partial charge in [0.1, 0.15) is 11.5 Å². The minimum Gasteiger partial charge on any atom is -0.464 e. The number of aromatic nitrogens is 4. The second-order valence-electron chi connectivity index (χ2n) is 3.41. The van der Waals surface area contributed by atoms with Crippen LogP contribution in [0.3, 0.4) is 0 Å². The lowest BCUT2D eigenvalue weighted by Gasteiger charge is -2.12. The van der Waals surface area contributed by atoms with E-state index >= 15 is 0 Å². The van der Waals surface area contributed by atoms with Gasteiger partial charge in [0.15, 0.2) is 0 Å². The molecule has 2 aromatic rings. The monoisotopic (exact) mass is 221 g/mol. The molecule has 0 fully saturated rings. The minimum absolute atomic E-state index is 0.0470. The number of amides is 1. The number of furan rings is 1. The van der Waals surface area contributed by atoms with Crippen LogP contribution >= 0.6 is 0 Å². The van der Waals surface area contributed by atoms with Gasteiger partial charge in [-0.25, -0.2) is 0 Å². The van der Waals surface area contributed by atoms with Gasteiger partial charge in [0.25, 0.3) is 11.7 Å². The van der Waals surface area contributed by atoms with Gasteiger partial charge in [0.2, 0.25) is 0 Å². The summed E-state index contributed by atoms with van der Waals surface area (Å²) in [5.41, 5.74) is 0. The van der Waals surface area contributed by atoms with Gasteiger partial charge in [-0.3, -0.25) is 4.79 Å². The van der Waals surface area contributed by atoms with E-state index in [4.69, 9.17) is 4.42 Å². The molecular formula is C9H11N5O2. The number of tetrazole rings is 1. The van der Waals surface area contributed by atoms with Gasteiger partial charge >= 0.3 is 0 Å². The molecule has 0 saturated carbocycles. The summed E-state index contributed by atoms with van der Waals surface area (Å²) < 4.78 is 5.36. The van der Waals surface area contributed by atoms with Crippen molar-refractivity contribution in [3.63, 3.8) is 0 Å². The fourth-order valence-corrected chi connectivity index (χ4v) is 1.30. The molecule has 0 aromatic carbocycles. The Balaban J connectivity index is 2.03. The Morgan fingerprint density at radius 2 is 2.38 bits per heavy atom. The van der Waals surface area contributed by atoms with Crippen LogP contribution in [0.25, 0.3) is 0 Å².